The first kappa shape index (κ1) is 25.3. The molecule has 0 spiro atoms. The van der Waals surface area contributed by atoms with E-state index >= 15 is 0 Å². The van der Waals surface area contributed by atoms with E-state index in [2.05, 4.69) is 65.9 Å². The number of nitrogens with one attached hydrogen (secondary N) is 2. The van der Waals surface area contributed by atoms with E-state index in [1.54, 1.807) is 18.7 Å². The highest BCUT2D eigenvalue weighted by Crippen LogP contribution is 2.19. The molecular formula is C22H26Br2N8. The number of nitrogens with zero attached hydrogens (tertiary/aromatic N) is 5. The van der Waals surface area contributed by atoms with E-state index in [1.807, 2.05) is 37.4 Å². The summed E-state index contributed by atoms with van der Waals surface area (Å²) in [6.45, 7) is 1.99. The molecule has 0 fully saturated rings. The molecule has 4 N–H and O–H groups in total. The van der Waals surface area contributed by atoms with Crippen LogP contribution in [-0.2, 0) is 13.5 Å². The Morgan fingerprint density at radius 3 is 2.75 bits per heavy atom. The first-order valence-corrected chi connectivity index (χ1v) is 9.76. The summed E-state index contributed by atoms with van der Waals surface area (Å²) in [6, 6.07) is 14.4. The number of aliphatic imine (C=N–C) groups is 1. The van der Waals surface area contributed by atoms with Gasteiger partial charge >= 0.3 is 0 Å². The largest absolute Gasteiger partial charge is 1.00 e. The van der Waals surface area contributed by atoms with E-state index in [9.17, 15) is 0 Å². The van der Waals surface area contributed by atoms with E-state index in [-0.39, 0.29) is 46.0 Å². The Morgan fingerprint density at radius 2 is 2.06 bits per heavy atom. The zero-order valence-electron chi connectivity index (χ0n) is 17.8. The lowest BCUT2D eigenvalue weighted by molar-refractivity contribution is -0.510. The Kier molecular flexibility index (Phi) is 9.15. The fourth-order valence-electron chi connectivity index (χ4n) is 3.39. The van der Waals surface area contributed by atoms with Crippen molar-refractivity contribution in [3.8, 4) is 11.3 Å². The van der Waals surface area contributed by atoms with Gasteiger partial charge < -0.3 is 27.7 Å². The van der Waals surface area contributed by atoms with Crippen LogP contribution in [0.5, 0.6) is 0 Å². The molecule has 0 saturated carbocycles. The maximum atomic E-state index is 5.92. The molecule has 0 aliphatic rings. The first-order valence-electron chi connectivity index (χ1n) is 9.76. The number of pyridine rings is 1. The minimum Gasteiger partial charge on any atom is -1.00 e. The van der Waals surface area contributed by atoms with Crippen LogP contribution < -0.4 is 32.5 Å². The number of hydrogen-bond donors (Lipinski definition) is 3. The highest BCUT2D eigenvalue weighted by atomic mass is 79.9. The number of aryl methyl sites for hydroxylation is 1. The van der Waals surface area contributed by atoms with Gasteiger partial charge in [-0.25, -0.2) is 24.4 Å². The van der Waals surface area contributed by atoms with Crippen LogP contribution in [0.3, 0.4) is 0 Å². The number of guanidine groups is 1. The molecule has 1 unspecified atom stereocenters. The predicted molar refractivity (Wildman–Crippen MR) is 128 cm³/mol. The Bertz CT molecular complexity index is 1180. The summed E-state index contributed by atoms with van der Waals surface area (Å²) in [5.41, 5.74) is 14.1. The summed E-state index contributed by atoms with van der Waals surface area (Å²) >= 11 is 0. The lowest BCUT2D eigenvalue weighted by Gasteiger charge is -2.06. The molecule has 0 aliphatic carbocycles. The quantitative estimate of drug-likeness (QED) is 0.129. The Hall–Kier alpha value is -2.98. The molecule has 3 heterocycles. The van der Waals surface area contributed by atoms with Crippen molar-refractivity contribution in [2.75, 3.05) is 0 Å². The molecular weight excluding hydrogens is 536 g/mol. The van der Waals surface area contributed by atoms with Gasteiger partial charge in [0.2, 0.25) is 5.96 Å². The first-order chi connectivity index (χ1) is 14.6. The fourth-order valence-corrected chi connectivity index (χ4v) is 3.39. The van der Waals surface area contributed by atoms with E-state index in [4.69, 9.17) is 5.73 Å². The average Bonchev–Trinajstić information content (AvgIpc) is 3.36. The van der Waals surface area contributed by atoms with Crippen LogP contribution in [0.1, 0.15) is 18.2 Å². The molecule has 32 heavy (non-hydrogen) atoms. The number of hydrazone groups is 1. The smallest absolute Gasteiger partial charge is 0.286 e. The minimum atomic E-state index is 0. The number of aromatic nitrogens is 4. The molecule has 0 aliphatic heterocycles. The minimum absolute atomic E-state index is 0. The standard InChI is InChI=1S/C22H25N8.2BrH/c1-16(11-19-13-24-15-25-19)27-22(23)28-26-12-17-6-8-18(9-7-17)20-14-30-10-4-3-5-21(30)29(20)2;;/h3-10,12-16H,11H2,1-2H3,(H,24,25)(H3,23,27,28);2*1H/q+1;;/p-1/b26-12+;;. The number of aromatic amines is 1. The van der Waals surface area contributed by atoms with Gasteiger partial charge in [-0.1, -0.05) is 18.2 Å². The van der Waals surface area contributed by atoms with Crippen molar-refractivity contribution in [1.29, 1.82) is 0 Å². The number of hydrogen-bond acceptors (Lipinski definition) is 3. The van der Waals surface area contributed by atoms with Crippen molar-refractivity contribution in [1.82, 2.24) is 20.0 Å². The zero-order valence-corrected chi connectivity index (χ0v) is 21.1. The maximum absolute atomic E-state index is 5.92. The number of nitrogens with two attached hydrogens (primary N) is 1. The number of imidazole rings is 2. The molecule has 10 heteroatoms. The van der Waals surface area contributed by atoms with Crippen LogP contribution in [0.4, 0.5) is 0 Å². The van der Waals surface area contributed by atoms with Crippen LogP contribution in [0, 0.1) is 0 Å². The molecule has 0 saturated heterocycles. The second kappa shape index (κ2) is 11.6. The number of rotatable bonds is 6. The van der Waals surface area contributed by atoms with Crippen LogP contribution in [-0.4, -0.2) is 32.8 Å². The molecule has 0 bridgehead atoms. The summed E-state index contributed by atoms with van der Waals surface area (Å²) in [7, 11) is 2.07. The third-order valence-corrected chi connectivity index (χ3v) is 4.86. The van der Waals surface area contributed by atoms with Crippen LogP contribution in [0.15, 0.2) is 77.5 Å². The van der Waals surface area contributed by atoms with Crippen molar-refractivity contribution < 1.29 is 21.4 Å². The molecule has 4 rings (SSSR count). The average molecular weight is 562 g/mol. The normalized spacial score (nSPS) is 12.4. The maximum Gasteiger partial charge on any atom is 0.286 e. The van der Waals surface area contributed by atoms with E-state index < -0.39 is 0 Å². The number of fused-ring (bicyclic) bond motifs is 1. The number of benzene rings is 1. The highest BCUT2D eigenvalue weighted by molar-refractivity contribution is 8.93. The van der Waals surface area contributed by atoms with Gasteiger partial charge in [0.1, 0.15) is 6.20 Å². The summed E-state index contributed by atoms with van der Waals surface area (Å²) in [5.74, 6) is 0.280. The van der Waals surface area contributed by atoms with Gasteiger partial charge in [-0.3, -0.25) is 0 Å². The van der Waals surface area contributed by atoms with Crippen molar-refractivity contribution in [2.24, 2.45) is 22.9 Å². The molecule has 3 aromatic heterocycles. The Balaban J connectivity index is 0.00000181. The van der Waals surface area contributed by atoms with Crippen molar-refractivity contribution in [3.63, 3.8) is 0 Å². The Morgan fingerprint density at radius 1 is 1.28 bits per heavy atom. The van der Waals surface area contributed by atoms with E-state index in [0.717, 1.165) is 34.6 Å². The SMILES string of the molecule is Br.CC(Cc1cnc[nH]1)N=C(N)N/N=C/c1ccc(-c2c[n+]3ccccc3n2C)cc1.[Br-]. The van der Waals surface area contributed by atoms with E-state index in [1.165, 1.54) is 0 Å². The molecule has 1 atom stereocenters. The third-order valence-electron chi connectivity index (χ3n) is 4.86. The van der Waals surface area contributed by atoms with Crippen molar-refractivity contribution in [3.05, 3.63) is 78.6 Å². The number of H-pyrrole nitrogens is 1. The Labute approximate surface area is 207 Å². The van der Waals surface area contributed by atoms with Crippen molar-refractivity contribution >= 4 is 34.8 Å². The third kappa shape index (κ3) is 6.04. The van der Waals surface area contributed by atoms with Crippen LogP contribution >= 0.6 is 17.0 Å². The second-order valence-electron chi connectivity index (χ2n) is 7.18. The second-order valence-corrected chi connectivity index (χ2v) is 7.18. The summed E-state index contributed by atoms with van der Waals surface area (Å²) < 4.78 is 4.29. The van der Waals surface area contributed by atoms with Gasteiger partial charge in [0.25, 0.3) is 5.65 Å². The highest BCUT2D eigenvalue weighted by Gasteiger charge is 2.14. The van der Waals surface area contributed by atoms with Gasteiger partial charge in [-0.2, -0.15) is 5.10 Å². The molecule has 4 aromatic rings. The lowest BCUT2D eigenvalue weighted by atomic mass is 10.1. The molecule has 1 aromatic carbocycles. The molecule has 8 nitrogen and oxygen atoms in total. The van der Waals surface area contributed by atoms with Gasteiger partial charge in [0.05, 0.1) is 31.8 Å². The molecule has 0 radical (unpaired) electrons. The van der Waals surface area contributed by atoms with Gasteiger partial charge in [-0.05, 0) is 30.7 Å². The summed E-state index contributed by atoms with van der Waals surface area (Å²) in [5, 5.41) is 4.19. The topological polar surface area (TPSA) is 100 Å². The molecule has 168 valence electrons. The van der Waals surface area contributed by atoms with Gasteiger partial charge in [-0.15, -0.1) is 17.0 Å². The van der Waals surface area contributed by atoms with Crippen LogP contribution in [0.2, 0.25) is 0 Å². The van der Waals surface area contributed by atoms with Crippen molar-refractivity contribution in [2.45, 2.75) is 19.4 Å². The summed E-state index contributed by atoms with van der Waals surface area (Å²) in [6.07, 6.45) is 10.1. The monoisotopic (exact) mass is 560 g/mol. The fraction of sp³-hybridized carbons (Fsp3) is 0.182. The van der Waals surface area contributed by atoms with E-state index in [0.29, 0.717) is 0 Å². The van der Waals surface area contributed by atoms with Gasteiger partial charge in [0, 0.05) is 29.9 Å². The number of halogens is 2. The lowest BCUT2D eigenvalue weighted by Crippen LogP contribution is -3.00. The predicted octanol–water partition coefficient (Wildman–Crippen LogP) is -0.395. The zero-order chi connectivity index (χ0) is 20.9. The van der Waals surface area contributed by atoms with Gasteiger partial charge in [0.15, 0.2) is 5.69 Å². The summed E-state index contributed by atoms with van der Waals surface area (Å²) in [4.78, 5) is 11.4. The molecule has 0 amide bonds. The van der Waals surface area contributed by atoms with Crippen LogP contribution in [0.25, 0.3) is 16.9 Å².